The van der Waals surface area contributed by atoms with Crippen LogP contribution in [0.15, 0.2) is 12.1 Å². The molecular formula is C13H18ClNO3. The predicted molar refractivity (Wildman–Crippen MR) is 70.2 cm³/mol. The molecule has 100 valence electrons. The Bertz CT molecular complexity index is 443. The van der Waals surface area contributed by atoms with E-state index in [2.05, 4.69) is 0 Å². The van der Waals surface area contributed by atoms with Crippen molar-refractivity contribution < 1.29 is 14.6 Å². The Morgan fingerprint density at radius 2 is 2.11 bits per heavy atom. The first-order chi connectivity index (χ1) is 8.35. The number of hydrogen-bond acceptors (Lipinski definition) is 4. The summed E-state index contributed by atoms with van der Waals surface area (Å²) in [6.45, 7) is 5.07. The average molecular weight is 272 g/mol. The van der Waals surface area contributed by atoms with E-state index in [0.29, 0.717) is 29.6 Å². The largest absolute Gasteiger partial charge is 0.454 e. The average Bonchev–Trinajstić information content (AvgIpc) is 2.62. The molecule has 0 radical (unpaired) electrons. The van der Waals surface area contributed by atoms with Gasteiger partial charge in [0, 0.05) is 13.1 Å². The topological polar surface area (TPSA) is 41.9 Å². The lowest BCUT2D eigenvalue weighted by Gasteiger charge is -2.25. The maximum Gasteiger partial charge on any atom is 0.231 e. The fourth-order valence-corrected chi connectivity index (χ4v) is 2.43. The van der Waals surface area contributed by atoms with E-state index in [0.717, 1.165) is 5.56 Å². The van der Waals surface area contributed by atoms with Gasteiger partial charge in [-0.05, 0) is 38.6 Å². The van der Waals surface area contributed by atoms with Crippen molar-refractivity contribution in [3.05, 3.63) is 22.7 Å². The maximum atomic E-state index is 9.76. The third-order valence-corrected chi connectivity index (χ3v) is 2.88. The van der Waals surface area contributed by atoms with Crippen molar-refractivity contribution in [2.75, 3.05) is 20.4 Å². The smallest absolute Gasteiger partial charge is 0.231 e. The molecule has 1 aliphatic rings. The summed E-state index contributed by atoms with van der Waals surface area (Å²) in [5.41, 5.74) is 0.325. The first-order valence-corrected chi connectivity index (χ1v) is 6.22. The quantitative estimate of drug-likeness (QED) is 0.912. The second-order valence-corrected chi connectivity index (χ2v) is 5.70. The molecule has 1 aliphatic heterocycles. The van der Waals surface area contributed by atoms with Crippen LogP contribution in [-0.2, 0) is 6.54 Å². The van der Waals surface area contributed by atoms with E-state index >= 15 is 0 Å². The molecule has 2 rings (SSSR count). The van der Waals surface area contributed by atoms with Crippen LogP contribution in [0.25, 0.3) is 0 Å². The normalized spacial score (nSPS) is 14.3. The lowest BCUT2D eigenvalue weighted by Crippen LogP contribution is -2.35. The van der Waals surface area contributed by atoms with Crippen molar-refractivity contribution in [3.63, 3.8) is 0 Å². The summed E-state index contributed by atoms with van der Waals surface area (Å²) >= 11 is 6.12. The first kappa shape index (κ1) is 13.5. The van der Waals surface area contributed by atoms with Gasteiger partial charge in [-0.25, -0.2) is 0 Å². The van der Waals surface area contributed by atoms with E-state index in [1.165, 1.54) is 0 Å². The van der Waals surface area contributed by atoms with Crippen LogP contribution in [0.4, 0.5) is 0 Å². The molecule has 0 aliphatic carbocycles. The Morgan fingerprint density at radius 1 is 1.39 bits per heavy atom. The van der Waals surface area contributed by atoms with Crippen molar-refractivity contribution in [1.82, 2.24) is 4.90 Å². The van der Waals surface area contributed by atoms with E-state index in [9.17, 15) is 5.11 Å². The van der Waals surface area contributed by atoms with E-state index in [-0.39, 0.29) is 6.79 Å². The standard InChI is InChI=1S/C13H18ClNO3/c1-13(2,16)7-15(3)6-9-4-10(14)12-11(5-9)17-8-18-12/h4-5,16H,6-8H2,1-3H3. The highest BCUT2D eigenvalue weighted by Gasteiger charge is 2.20. The molecule has 0 spiro atoms. The molecule has 5 heteroatoms. The Morgan fingerprint density at radius 3 is 2.78 bits per heavy atom. The number of hydrogen-bond donors (Lipinski definition) is 1. The molecule has 0 aromatic heterocycles. The summed E-state index contributed by atoms with van der Waals surface area (Å²) in [4.78, 5) is 2.04. The number of halogens is 1. The molecule has 0 saturated heterocycles. The SMILES string of the molecule is CN(Cc1cc(Cl)c2c(c1)OCO2)CC(C)(C)O. The minimum atomic E-state index is -0.713. The summed E-state index contributed by atoms with van der Waals surface area (Å²) in [5, 5.41) is 10.3. The van der Waals surface area contributed by atoms with Gasteiger partial charge in [0.2, 0.25) is 6.79 Å². The monoisotopic (exact) mass is 271 g/mol. The highest BCUT2D eigenvalue weighted by Crippen LogP contribution is 2.39. The highest BCUT2D eigenvalue weighted by molar-refractivity contribution is 6.32. The predicted octanol–water partition coefficient (Wildman–Crippen LogP) is 2.27. The van der Waals surface area contributed by atoms with Crippen molar-refractivity contribution in [1.29, 1.82) is 0 Å². The molecular weight excluding hydrogens is 254 g/mol. The number of ether oxygens (including phenoxy) is 2. The summed E-state index contributed by atoms with van der Waals surface area (Å²) in [6, 6.07) is 3.80. The molecule has 1 heterocycles. The summed E-state index contributed by atoms with van der Waals surface area (Å²) in [7, 11) is 1.95. The van der Waals surface area contributed by atoms with Crippen molar-refractivity contribution in [3.8, 4) is 11.5 Å². The number of rotatable bonds is 4. The van der Waals surface area contributed by atoms with Crippen molar-refractivity contribution in [2.45, 2.75) is 26.0 Å². The number of aliphatic hydroxyl groups is 1. The molecule has 0 saturated carbocycles. The number of benzene rings is 1. The van der Waals surface area contributed by atoms with Crippen LogP contribution >= 0.6 is 11.6 Å². The number of nitrogens with zero attached hydrogens (tertiary/aromatic N) is 1. The molecule has 1 aromatic rings. The fourth-order valence-electron chi connectivity index (χ4n) is 2.14. The number of likely N-dealkylation sites (N-methyl/N-ethyl adjacent to an activating group) is 1. The summed E-state index contributed by atoms with van der Waals surface area (Å²) in [5.74, 6) is 1.31. The Kier molecular flexibility index (Phi) is 3.71. The molecule has 0 fully saturated rings. The molecule has 0 unspecified atom stereocenters. The highest BCUT2D eigenvalue weighted by atomic mass is 35.5. The second kappa shape index (κ2) is 4.96. The van der Waals surface area contributed by atoms with Gasteiger partial charge in [-0.2, -0.15) is 0 Å². The Labute approximate surface area is 112 Å². The van der Waals surface area contributed by atoms with Crippen LogP contribution in [0.2, 0.25) is 5.02 Å². The molecule has 0 amide bonds. The van der Waals surface area contributed by atoms with Gasteiger partial charge < -0.3 is 14.6 Å². The molecule has 4 nitrogen and oxygen atoms in total. The van der Waals surface area contributed by atoms with Crippen LogP contribution in [0.5, 0.6) is 11.5 Å². The third kappa shape index (κ3) is 3.28. The van der Waals surface area contributed by atoms with E-state index in [1.54, 1.807) is 13.8 Å². The molecule has 0 atom stereocenters. The van der Waals surface area contributed by atoms with Gasteiger partial charge in [0.15, 0.2) is 11.5 Å². The van der Waals surface area contributed by atoms with Gasteiger partial charge in [-0.1, -0.05) is 11.6 Å². The van der Waals surface area contributed by atoms with Gasteiger partial charge in [0.05, 0.1) is 10.6 Å². The van der Waals surface area contributed by atoms with E-state index < -0.39 is 5.60 Å². The van der Waals surface area contributed by atoms with Gasteiger partial charge in [-0.15, -0.1) is 0 Å². The minimum absolute atomic E-state index is 0.220. The van der Waals surface area contributed by atoms with Gasteiger partial charge in [0.25, 0.3) is 0 Å². The molecule has 1 aromatic carbocycles. The first-order valence-electron chi connectivity index (χ1n) is 5.84. The zero-order chi connectivity index (χ0) is 13.3. The lowest BCUT2D eigenvalue weighted by atomic mass is 10.1. The molecule has 18 heavy (non-hydrogen) atoms. The zero-order valence-electron chi connectivity index (χ0n) is 10.9. The Balaban J connectivity index is 2.08. The zero-order valence-corrected chi connectivity index (χ0v) is 11.6. The van der Waals surface area contributed by atoms with Crippen LogP contribution in [0.3, 0.4) is 0 Å². The Hall–Kier alpha value is -0.970. The van der Waals surface area contributed by atoms with Crippen LogP contribution in [0.1, 0.15) is 19.4 Å². The van der Waals surface area contributed by atoms with Crippen molar-refractivity contribution >= 4 is 11.6 Å². The fraction of sp³-hybridized carbons (Fsp3) is 0.538. The number of fused-ring (bicyclic) bond motifs is 1. The maximum absolute atomic E-state index is 9.76. The minimum Gasteiger partial charge on any atom is -0.454 e. The van der Waals surface area contributed by atoms with Crippen LogP contribution < -0.4 is 9.47 Å². The van der Waals surface area contributed by atoms with Crippen molar-refractivity contribution in [2.24, 2.45) is 0 Å². The second-order valence-electron chi connectivity index (χ2n) is 5.30. The van der Waals surface area contributed by atoms with E-state index in [1.807, 2.05) is 24.1 Å². The third-order valence-electron chi connectivity index (χ3n) is 2.60. The van der Waals surface area contributed by atoms with Gasteiger partial charge >= 0.3 is 0 Å². The van der Waals surface area contributed by atoms with E-state index in [4.69, 9.17) is 21.1 Å². The van der Waals surface area contributed by atoms with Gasteiger partial charge in [0.1, 0.15) is 0 Å². The molecule has 1 N–H and O–H groups in total. The summed E-state index contributed by atoms with van der Waals surface area (Å²) < 4.78 is 10.6. The lowest BCUT2D eigenvalue weighted by molar-refractivity contribution is 0.0425. The molecule has 0 bridgehead atoms. The van der Waals surface area contributed by atoms with Crippen LogP contribution in [-0.4, -0.2) is 36.0 Å². The van der Waals surface area contributed by atoms with Crippen LogP contribution in [0, 0.1) is 0 Å². The summed E-state index contributed by atoms with van der Waals surface area (Å²) in [6.07, 6.45) is 0. The van der Waals surface area contributed by atoms with Gasteiger partial charge in [-0.3, -0.25) is 4.90 Å².